The lowest BCUT2D eigenvalue weighted by molar-refractivity contribution is -0.119. The maximum atomic E-state index is 11.7. The highest BCUT2D eigenvalue weighted by Crippen LogP contribution is 2.16. The second kappa shape index (κ2) is 4.99. The number of benzene rings is 1. The van der Waals surface area contributed by atoms with Gasteiger partial charge in [0.25, 0.3) is 5.91 Å². The van der Waals surface area contributed by atoms with Gasteiger partial charge in [0.15, 0.2) is 0 Å². The molecule has 5 heteroatoms. The second-order valence-corrected chi connectivity index (χ2v) is 3.97. The van der Waals surface area contributed by atoms with Gasteiger partial charge in [0.1, 0.15) is 6.04 Å². The zero-order valence-electron chi connectivity index (χ0n) is 9.08. The summed E-state index contributed by atoms with van der Waals surface area (Å²) in [6.45, 7) is 3.33. The van der Waals surface area contributed by atoms with Crippen LogP contribution in [0.2, 0.25) is 5.02 Å². The van der Waals surface area contributed by atoms with Gasteiger partial charge in [-0.3, -0.25) is 9.59 Å². The Balaban J connectivity index is 2.81. The Bertz CT molecular complexity index is 432. The van der Waals surface area contributed by atoms with E-state index in [0.717, 1.165) is 5.56 Å². The molecule has 4 nitrogen and oxygen atoms in total. The van der Waals surface area contributed by atoms with Gasteiger partial charge < -0.3 is 11.1 Å². The van der Waals surface area contributed by atoms with Gasteiger partial charge in [-0.2, -0.15) is 0 Å². The number of carbonyl (C=O) groups excluding carboxylic acids is 2. The van der Waals surface area contributed by atoms with Gasteiger partial charge in [-0.25, -0.2) is 0 Å². The van der Waals surface area contributed by atoms with Crippen molar-refractivity contribution < 1.29 is 9.59 Å². The molecule has 0 aromatic heterocycles. The Kier molecular flexibility index (Phi) is 3.90. The van der Waals surface area contributed by atoms with Crippen LogP contribution < -0.4 is 11.1 Å². The predicted octanol–water partition coefficient (Wildman–Crippen LogP) is 1.25. The number of halogens is 1. The van der Waals surface area contributed by atoms with E-state index in [-0.39, 0.29) is 5.91 Å². The molecule has 0 radical (unpaired) electrons. The quantitative estimate of drug-likeness (QED) is 0.835. The number of hydrogen-bond donors (Lipinski definition) is 2. The molecule has 2 amide bonds. The van der Waals surface area contributed by atoms with E-state index in [0.29, 0.717) is 10.6 Å². The van der Waals surface area contributed by atoms with E-state index in [1.165, 1.54) is 6.92 Å². The fourth-order valence-electron chi connectivity index (χ4n) is 1.14. The average molecular weight is 241 g/mol. The lowest BCUT2D eigenvalue weighted by Gasteiger charge is -2.10. The van der Waals surface area contributed by atoms with Crippen LogP contribution >= 0.6 is 11.6 Å². The van der Waals surface area contributed by atoms with Crippen LogP contribution in [-0.4, -0.2) is 17.9 Å². The summed E-state index contributed by atoms with van der Waals surface area (Å²) in [5, 5.41) is 3.08. The largest absolute Gasteiger partial charge is 0.368 e. The summed E-state index contributed by atoms with van der Waals surface area (Å²) >= 11 is 5.84. The lowest BCUT2D eigenvalue weighted by atomic mass is 10.1. The molecule has 0 heterocycles. The number of carbonyl (C=O) groups is 2. The first-order chi connectivity index (χ1) is 7.41. The molecule has 0 aliphatic carbocycles. The van der Waals surface area contributed by atoms with Gasteiger partial charge in [-0.05, 0) is 37.6 Å². The number of aryl methyl sites for hydroxylation is 1. The van der Waals surface area contributed by atoms with Crippen LogP contribution in [0.15, 0.2) is 18.2 Å². The molecule has 1 aromatic rings. The molecule has 0 saturated carbocycles. The second-order valence-electron chi connectivity index (χ2n) is 3.56. The van der Waals surface area contributed by atoms with E-state index in [9.17, 15) is 9.59 Å². The Morgan fingerprint density at radius 2 is 2.06 bits per heavy atom. The van der Waals surface area contributed by atoms with E-state index in [2.05, 4.69) is 5.32 Å². The van der Waals surface area contributed by atoms with E-state index in [1.54, 1.807) is 25.1 Å². The van der Waals surface area contributed by atoms with E-state index < -0.39 is 11.9 Å². The summed E-state index contributed by atoms with van der Waals surface area (Å²) in [5.74, 6) is -0.912. The highest BCUT2D eigenvalue weighted by molar-refractivity contribution is 6.31. The van der Waals surface area contributed by atoms with Crippen LogP contribution in [0.5, 0.6) is 0 Å². The van der Waals surface area contributed by atoms with Gasteiger partial charge in [0.05, 0.1) is 0 Å². The van der Waals surface area contributed by atoms with Crippen molar-refractivity contribution in [2.45, 2.75) is 19.9 Å². The molecule has 0 bridgehead atoms. The van der Waals surface area contributed by atoms with Crippen LogP contribution in [0.1, 0.15) is 22.8 Å². The molecular formula is C11H13ClN2O2. The third-order valence-corrected chi connectivity index (χ3v) is 2.62. The number of nitrogens with one attached hydrogen (secondary N) is 1. The lowest BCUT2D eigenvalue weighted by Crippen LogP contribution is -2.42. The van der Waals surface area contributed by atoms with Crippen molar-refractivity contribution in [3.05, 3.63) is 34.3 Å². The van der Waals surface area contributed by atoms with Crippen LogP contribution in [0, 0.1) is 6.92 Å². The summed E-state index contributed by atoms with van der Waals surface area (Å²) in [4.78, 5) is 22.4. The van der Waals surface area contributed by atoms with Crippen LogP contribution in [0.3, 0.4) is 0 Å². The summed E-state index contributed by atoms with van der Waals surface area (Å²) in [7, 11) is 0. The molecule has 0 aliphatic rings. The highest BCUT2D eigenvalue weighted by atomic mass is 35.5. The molecule has 0 aliphatic heterocycles. The van der Waals surface area contributed by atoms with E-state index >= 15 is 0 Å². The van der Waals surface area contributed by atoms with Crippen molar-refractivity contribution in [3.63, 3.8) is 0 Å². The van der Waals surface area contributed by atoms with Crippen molar-refractivity contribution in [3.8, 4) is 0 Å². The minimum absolute atomic E-state index is 0.342. The Labute approximate surface area is 98.8 Å². The molecule has 1 aromatic carbocycles. The zero-order valence-corrected chi connectivity index (χ0v) is 9.84. The molecule has 3 N–H and O–H groups in total. The van der Waals surface area contributed by atoms with Crippen molar-refractivity contribution in [1.82, 2.24) is 5.32 Å². The molecular weight excluding hydrogens is 228 g/mol. The fraction of sp³-hybridized carbons (Fsp3) is 0.273. The molecule has 0 spiro atoms. The van der Waals surface area contributed by atoms with Crippen molar-refractivity contribution >= 4 is 23.4 Å². The number of amides is 2. The van der Waals surface area contributed by atoms with Gasteiger partial charge in [-0.15, -0.1) is 0 Å². The first kappa shape index (κ1) is 12.5. The minimum atomic E-state index is -0.691. The fourth-order valence-corrected chi connectivity index (χ4v) is 1.25. The normalized spacial score (nSPS) is 11.9. The third kappa shape index (κ3) is 2.97. The van der Waals surface area contributed by atoms with Crippen molar-refractivity contribution in [1.29, 1.82) is 0 Å². The first-order valence-electron chi connectivity index (χ1n) is 4.78. The summed E-state index contributed by atoms with van der Waals surface area (Å²) in [6.07, 6.45) is 0. The molecule has 86 valence electrons. The Hall–Kier alpha value is -1.55. The summed E-state index contributed by atoms with van der Waals surface area (Å²) < 4.78 is 0. The van der Waals surface area contributed by atoms with Gasteiger partial charge in [0, 0.05) is 10.6 Å². The smallest absolute Gasteiger partial charge is 0.251 e. The highest BCUT2D eigenvalue weighted by Gasteiger charge is 2.13. The van der Waals surface area contributed by atoms with E-state index in [4.69, 9.17) is 17.3 Å². The van der Waals surface area contributed by atoms with Crippen LogP contribution in [0.4, 0.5) is 0 Å². The maximum absolute atomic E-state index is 11.7. The van der Waals surface area contributed by atoms with Crippen molar-refractivity contribution in [2.24, 2.45) is 5.73 Å². The molecule has 16 heavy (non-hydrogen) atoms. The SMILES string of the molecule is Cc1cc(C(=O)N[C@@H](C)C(N)=O)ccc1Cl. The number of primary amides is 1. The number of hydrogen-bond acceptors (Lipinski definition) is 2. The predicted molar refractivity (Wildman–Crippen MR) is 62.3 cm³/mol. The third-order valence-electron chi connectivity index (χ3n) is 2.19. The molecule has 0 unspecified atom stereocenters. The van der Waals surface area contributed by atoms with Crippen LogP contribution in [0.25, 0.3) is 0 Å². The maximum Gasteiger partial charge on any atom is 0.251 e. The minimum Gasteiger partial charge on any atom is -0.368 e. The first-order valence-corrected chi connectivity index (χ1v) is 5.16. The standard InChI is InChI=1S/C11H13ClN2O2/c1-6-5-8(3-4-9(6)12)11(16)14-7(2)10(13)15/h3-5,7H,1-2H3,(H2,13,15)(H,14,16)/t7-/m0/s1. The topological polar surface area (TPSA) is 72.2 Å². The molecule has 1 atom stereocenters. The average Bonchev–Trinajstić information content (AvgIpc) is 2.21. The molecule has 1 rings (SSSR count). The summed E-state index contributed by atoms with van der Waals surface area (Å²) in [6, 6.07) is 4.20. The van der Waals surface area contributed by atoms with Crippen LogP contribution in [-0.2, 0) is 4.79 Å². The number of nitrogens with two attached hydrogens (primary N) is 1. The van der Waals surface area contributed by atoms with Gasteiger partial charge >= 0.3 is 0 Å². The van der Waals surface area contributed by atoms with Crippen molar-refractivity contribution in [2.75, 3.05) is 0 Å². The molecule has 0 fully saturated rings. The molecule has 0 saturated heterocycles. The zero-order chi connectivity index (χ0) is 12.3. The summed E-state index contributed by atoms with van der Waals surface area (Å²) in [5.41, 5.74) is 6.30. The monoisotopic (exact) mass is 240 g/mol. The van der Waals surface area contributed by atoms with Gasteiger partial charge in [0.2, 0.25) is 5.91 Å². The number of rotatable bonds is 3. The Morgan fingerprint density at radius 1 is 1.44 bits per heavy atom. The van der Waals surface area contributed by atoms with Gasteiger partial charge in [-0.1, -0.05) is 11.6 Å². The Morgan fingerprint density at radius 3 is 2.56 bits per heavy atom. The van der Waals surface area contributed by atoms with E-state index in [1.807, 2.05) is 0 Å².